The van der Waals surface area contributed by atoms with E-state index < -0.39 is 22.9 Å². The second-order valence-corrected chi connectivity index (χ2v) is 9.26. The van der Waals surface area contributed by atoms with Gasteiger partial charge in [-0.1, -0.05) is 25.3 Å². The number of thioether (sulfide) groups is 1. The number of methoxy groups -OCH3 is 1. The van der Waals surface area contributed by atoms with Crippen LogP contribution >= 0.6 is 11.8 Å². The zero-order chi connectivity index (χ0) is 23.7. The fourth-order valence-electron chi connectivity index (χ4n) is 4.39. The Morgan fingerprint density at radius 2 is 1.81 bits per heavy atom. The van der Waals surface area contributed by atoms with Crippen LogP contribution in [-0.4, -0.2) is 24.8 Å². The lowest BCUT2D eigenvalue weighted by atomic mass is 9.73. The van der Waals surface area contributed by atoms with Gasteiger partial charge in [0.2, 0.25) is 0 Å². The van der Waals surface area contributed by atoms with E-state index in [0.29, 0.717) is 11.3 Å². The molecule has 1 fully saturated rings. The average molecular weight is 469 g/mol. The molecule has 2 aliphatic rings. The molecule has 9 heteroatoms. The van der Waals surface area contributed by atoms with Gasteiger partial charge in [-0.25, -0.2) is 4.79 Å². The molecule has 1 aromatic rings. The number of allylic oxidation sites excluding steroid dienone is 1. The van der Waals surface area contributed by atoms with Crippen molar-refractivity contribution >= 4 is 23.4 Å². The number of halogens is 4. The van der Waals surface area contributed by atoms with Crippen molar-refractivity contribution in [1.82, 2.24) is 5.32 Å². The molecule has 1 aliphatic carbocycles. The van der Waals surface area contributed by atoms with E-state index in [-0.39, 0.29) is 22.2 Å². The van der Waals surface area contributed by atoms with E-state index in [9.17, 15) is 27.6 Å². The molecule has 0 atom stereocenters. The Kier molecular flexibility index (Phi) is 6.94. The van der Waals surface area contributed by atoms with Crippen LogP contribution in [0.25, 0.3) is 5.70 Å². The number of nitrogens with one attached hydrogen (secondary N) is 1. The van der Waals surface area contributed by atoms with Gasteiger partial charge in [0.05, 0.1) is 12.8 Å². The van der Waals surface area contributed by atoms with Crippen molar-refractivity contribution < 1.29 is 27.1 Å². The van der Waals surface area contributed by atoms with Crippen LogP contribution in [0.5, 0.6) is 0 Å². The van der Waals surface area contributed by atoms with Gasteiger partial charge in [0.25, 0.3) is 0 Å². The van der Waals surface area contributed by atoms with Gasteiger partial charge >= 0.3 is 12.1 Å². The van der Waals surface area contributed by atoms with Crippen molar-refractivity contribution in [2.75, 3.05) is 7.11 Å². The SMILES string of the molecule is COC(=O)/C(=C(/F)S/C(C#N)=C1\NC2(CCCCC2)Cc2cc(C)c(C)cc21)C(F)(F)F. The summed E-state index contributed by atoms with van der Waals surface area (Å²) in [5, 5.41) is 11.4. The average Bonchev–Trinajstić information content (AvgIpc) is 2.72. The van der Waals surface area contributed by atoms with E-state index in [0.717, 1.165) is 62.3 Å². The largest absolute Gasteiger partial charge is 0.465 e. The molecule has 4 nitrogen and oxygen atoms in total. The molecule has 0 radical (unpaired) electrons. The number of aryl methyl sites for hydroxylation is 2. The number of carbonyl (C=O) groups is 1. The second-order valence-electron chi connectivity index (χ2n) is 8.29. The number of esters is 1. The molecule has 3 rings (SSSR count). The number of fused-ring (bicyclic) bond motifs is 1. The van der Waals surface area contributed by atoms with Gasteiger partial charge in [-0.15, -0.1) is 0 Å². The van der Waals surface area contributed by atoms with Gasteiger partial charge in [-0.05, 0) is 67.6 Å². The minimum Gasteiger partial charge on any atom is -0.465 e. The topological polar surface area (TPSA) is 62.1 Å². The Bertz CT molecular complexity index is 1030. The minimum absolute atomic E-state index is 0.000989. The first-order valence-corrected chi connectivity index (χ1v) is 11.1. The summed E-state index contributed by atoms with van der Waals surface area (Å²) < 4.78 is 58.8. The minimum atomic E-state index is -5.26. The quantitative estimate of drug-likeness (QED) is 0.255. The fourth-order valence-corrected chi connectivity index (χ4v) is 5.17. The second kappa shape index (κ2) is 9.18. The first kappa shape index (κ1) is 24.2. The predicted octanol–water partition coefficient (Wildman–Crippen LogP) is 5.99. The molecule has 172 valence electrons. The number of carbonyl (C=O) groups excluding carboxylic acids is 1. The van der Waals surface area contributed by atoms with Crippen molar-refractivity contribution in [3.05, 3.63) is 50.0 Å². The molecule has 1 aromatic carbocycles. The zero-order valence-electron chi connectivity index (χ0n) is 18.1. The van der Waals surface area contributed by atoms with Gasteiger partial charge in [0, 0.05) is 11.1 Å². The molecule has 1 saturated carbocycles. The van der Waals surface area contributed by atoms with Crippen LogP contribution in [0.4, 0.5) is 17.6 Å². The number of hydrogen-bond donors (Lipinski definition) is 1. The Morgan fingerprint density at radius 3 is 2.38 bits per heavy atom. The molecule has 0 aromatic heterocycles. The number of benzene rings is 1. The highest BCUT2D eigenvalue weighted by molar-refractivity contribution is 8.07. The first-order valence-electron chi connectivity index (χ1n) is 10.3. The normalized spacial score (nSPS) is 19.9. The monoisotopic (exact) mass is 468 g/mol. The number of ether oxygens (including phenoxy) is 1. The lowest BCUT2D eigenvalue weighted by molar-refractivity contribution is -0.148. The number of nitrogens with zero attached hydrogens (tertiary/aromatic N) is 1. The Balaban J connectivity index is 2.17. The van der Waals surface area contributed by atoms with E-state index in [1.54, 1.807) is 0 Å². The van der Waals surface area contributed by atoms with Crippen molar-refractivity contribution in [2.45, 2.75) is 64.1 Å². The number of hydrogen-bond acceptors (Lipinski definition) is 5. The van der Waals surface area contributed by atoms with Gasteiger partial charge in [-0.2, -0.15) is 22.8 Å². The molecule has 0 bridgehead atoms. The zero-order valence-corrected chi connectivity index (χ0v) is 18.9. The van der Waals surface area contributed by atoms with Crippen LogP contribution in [-0.2, 0) is 16.0 Å². The van der Waals surface area contributed by atoms with E-state index in [1.807, 2.05) is 32.0 Å². The van der Waals surface area contributed by atoms with Crippen molar-refractivity contribution in [3.8, 4) is 6.07 Å². The molecule has 0 amide bonds. The maximum Gasteiger partial charge on any atom is 0.426 e. The molecule has 32 heavy (non-hydrogen) atoms. The van der Waals surface area contributed by atoms with Crippen LogP contribution in [0, 0.1) is 25.2 Å². The maximum atomic E-state index is 14.8. The predicted molar refractivity (Wildman–Crippen MR) is 115 cm³/mol. The molecular weight excluding hydrogens is 444 g/mol. The number of rotatable bonds is 3. The standard InChI is InChI=1S/C23H24F4N2O2S/c1-13-9-15-11-22(7-5-4-6-8-22)29-19(16(15)10-14(13)2)17(12-28)32-20(24)18(21(30)31-3)23(25,26)27/h9-10,29H,4-8,11H2,1-3H3/b19-17-,20-18+. The summed E-state index contributed by atoms with van der Waals surface area (Å²) in [4.78, 5) is 11.3. The third-order valence-corrected chi connectivity index (χ3v) is 6.99. The van der Waals surface area contributed by atoms with Crippen molar-refractivity contribution in [2.24, 2.45) is 0 Å². The van der Waals surface area contributed by atoms with E-state index in [2.05, 4.69) is 10.1 Å². The third-order valence-electron chi connectivity index (χ3n) is 6.11. The van der Waals surface area contributed by atoms with E-state index in [4.69, 9.17) is 0 Å². The summed E-state index contributed by atoms with van der Waals surface area (Å²) in [6, 6.07) is 5.75. The van der Waals surface area contributed by atoms with Gasteiger partial charge in [0.1, 0.15) is 11.0 Å². The molecular formula is C23H24F4N2O2S. The van der Waals surface area contributed by atoms with Gasteiger partial charge < -0.3 is 10.1 Å². The maximum absolute atomic E-state index is 14.8. The van der Waals surface area contributed by atoms with Crippen LogP contribution in [0.1, 0.15) is 54.4 Å². The van der Waals surface area contributed by atoms with Crippen LogP contribution in [0.2, 0.25) is 0 Å². The highest BCUT2D eigenvalue weighted by Crippen LogP contribution is 2.44. The van der Waals surface area contributed by atoms with Crippen molar-refractivity contribution in [3.63, 3.8) is 0 Å². The van der Waals surface area contributed by atoms with E-state index in [1.165, 1.54) is 0 Å². The third kappa shape index (κ3) is 4.80. The van der Waals surface area contributed by atoms with Crippen LogP contribution in [0.3, 0.4) is 0 Å². The lowest BCUT2D eigenvalue weighted by Gasteiger charge is -2.44. The molecule has 1 N–H and O–H groups in total. The molecule has 1 aliphatic heterocycles. The number of nitriles is 1. The summed E-state index contributed by atoms with van der Waals surface area (Å²) in [5.74, 6) is -1.84. The Hall–Kier alpha value is -2.47. The number of alkyl halides is 3. The Labute approximate surface area is 188 Å². The van der Waals surface area contributed by atoms with Gasteiger partial charge in [-0.3, -0.25) is 0 Å². The summed E-state index contributed by atoms with van der Waals surface area (Å²) in [7, 11) is 0.743. The fraction of sp³-hybridized carbons (Fsp3) is 0.478. The van der Waals surface area contributed by atoms with Crippen LogP contribution in [0.15, 0.2) is 27.8 Å². The molecule has 1 spiro atoms. The highest BCUT2D eigenvalue weighted by atomic mass is 32.2. The summed E-state index contributed by atoms with van der Waals surface area (Å²) >= 11 is -0.000989. The smallest absolute Gasteiger partial charge is 0.426 e. The van der Waals surface area contributed by atoms with Crippen LogP contribution < -0.4 is 5.32 Å². The molecule has 0 saturated heterocycles. The van der Waals surface area contributed by atoms with Crippen molar-refractivity contribution in [1.29, 1.82) is 5.26 Å². The highest BCUT2D eigenvalue weighted by Gasteiger charge is 2.44. The lowest BCUT2D eigenvalue weighted by Crippen LogP contribution is -2.50. The summed E-state index contributed by atoms with van der Waals surface area (Å²) in [6.07, 6.45) is 0.236. The molecule has 1 heterocycles. The first-order chi connectivity index (χ1) is 15.0. The summed E-state index contributed by atoms with van der Waals surface area (Å²) in [6.45, 7) is 3.87. The Morgan fingerprint density at radius 1 is 1.19 bits per heavy atom. The van der Waals surface area contributed by atoms with E-state index >= 15 is 0 Å². The van der Waals surface area contributed by atoms with Gasteiger partial charge in [0.15, 0.2) is 10.7 Å². The summed E-state index contributed by atoms with van der Waals surface area (Å²) in [5.41, 5.74) is 1.59. The molecule has 0 unspecified atom stereocenters.